The van der Waals surface area contributed by atoms with Gasteiger partial charge in [-0.1, -0.05) is 13.3 Å². The first-order valence-corrected chi connectivity index (χ1v) is 5.75. The molecule has 0 fully saturated rings. The van der Waals surface area contributed by atoms with Crippen LogP contribution in [0.1, 0.15) is 31.2 Å². The van der Waals surface area contributed by atoms with Crippen molar-refractivity contribution in [3.8, 4) is 0 Å². The van der Waals surface area contributed by atoms with Gasteiger partial charge in [0.15, 0.2) is 0 Å². The van der Waals surface area contributed by atoms with Crippen molar-refractivity contribution in [2.45, 2.75) is 39.0 Å². The van der Waals surface area contributed by atoms with Crippen LogP contribution in [0, 0.1) is 13.8 Å². The van der Waals surface area contributed by atoms with Crippen molar-refractivity contribution < 1.29 is 0 Å². The zero-order chi connectivity index (χ0) is 11.3. The summed E-state index contributed by atoms with van der Waals surface area (Å²) in [6.45, 7) is 6.78. The molecule has 0 bridgehead atoms. The van der Waals surface area contributed by atoms with Crippen LogP contribution in [-0.4, -0.2) is 21.9 Å². The molecule has 0 saturated heterocycles. The molecule has 3 nitrogen and oxygen atoms in total. The summed E-state index contributed by atoms with van der Waals surface area (Å²) < 4.78 is 0. The lowest BCUT2D eigenvalue weighted by atomic mass is 10.2. The van der Waals surface area contributed by atoms with Crippen LogP contribution in [0.5, 0.6) is 0 Å². The third-order valence-electron chi connectivity index (χ3n) is 2.30. The molecule has 84 valence electrons. The molecule has 1 aromatic rings. The third-order valence-corrected chi connectivity index (χ3v) is 2.67. The number of hydrogen-bond donors (Lipinski definition) is 1. The molecular weight excluding hydrogens is 210 g/mol. The highest BCUT2D eigenvalue weighted by Gasteiger charge is 2.04. The first kappa shape index (κ1) is 12.2. The van der Waals surface area contributed by atoms with Gasteiger partial charge in [-0.15, -0.1) is 11.6 Å². The minimum absolute atomic E-state index is 0.165. The lowest BCUT2D eigenvalue weighted by molar-refractivity contribution is 0.750. The maximum Gasteiger partial charge on any atom is 0.144 e. The Hall–Kier alpha value is -0.830. The smallest absolute Gasteiger partial charge is 0.144 e. The van der Waals surface area contributed by atoms with E-state index >= 15 is 0 Å². The quantitative estimate of drug-likeness (QED) is 0.786. The molecule has 1 rings (SSSR count). The Labute approximate surface area is 96.3 Å². The Bertz CT molecular complexity index is 315. The van der Waals surface area contributed by atoms with Crippen LogP contribution < -0.4 is 5.32 Å². The van der Waals surface area contributed by atoms with Gasteiger partial charge in [0.05, 0.1) is 23.0 Å². The first-order chi connectivity index (χ1) is 7.13. The maximum absolute atomic E-state index is 6.09. The number of aromatic nitrogens is 2. The average Bonchev–Trinajstić information content (AvgIpc) is 2.20. The number of halogens is 1. The molecule has 15 heavy (non-hydrogen) atoms. The van der Waals surface area contributed by atoms with Crippen molar-refractivity contribution in [3.63, 3.8) is 0 Å². The van der Waals surface area contributed by atoms with E-state index < -0.39 is 0 Å². The van der Waals surface area contributed by atoms with Crippen LogP contribution in [-0.2, 0) is 0 Å². The van der Waals surface area contributed by atoms with Gasteiger partial charge in [0.2, 0.25) is 0 Å². The van der Waals surface area contributed by atoms with E-state index in [0.717, 1.165) is 36.6 Å². The third kappa shape index (κ3) is 4.04. The highest BCUT2D eigenvalue weighted by atomic mass is 35.5. The molecule has 0 radical (unpaired) electrons. The molecule has 0 aromatic carbocycles. The summed E-state index contributed by atoms with van der Waals surface area (Å²) in [6.07, 6.45) is 3.87. The van der Waals surface area contributed by atoms with E-state index in [-0.39, 0.29) is 5.38 Å². The monoisotopic (exact) mass is 227 g/mol. The highest BCUT2D eigenvalue weighted by molar-refractivity contribution is 6.20. The van der Waals surface area contributed by atoms with Crippen LogP contribution in [0.15, 0.2) is 6.20 Å². The molecule has 0 aliphatic rings. The van der Waals surface area contributed by atoms with Crippen molar-refractivity contribution in [1.29, 1.82) is 0 Å². The van der Waals surface area contributed by atoms with Crippen LogP contribution in [0.2, 0.25) is 0 Å². The standard InChI is InChI=1S/C11H18ClN3/c1-4-5-10(12)6-14-11-7-13-8(2)9(3)15-11/h7,10H,4-6H2,1-3H3,(H,14,15). The Kier molecular flexibility index (Phi) is 4.82. The van der Waals surface area contributed by atoms with E-state index in [2.05, 4.69) is 22.2 Å². The minimum Gasteiger partial charge on any atom is -0.367 e. The van der Waals surface area contributed by atoms with Gasteiger partial charge < -0.3 is 5.32 Å². The van der Waals surface area contributed by atoms with Crippen LogP contribution in [0.3, 0.4) is 0 Å². The molecule has 1 aromatic heterocycles. The molecule has 1 N–H and O–H groups in total. The van der Waals surface area contributed by atoms with Crippen LogP contribution in [0.25, 0.3) is 0 Å². The van der Waals surface area contributed by atoms with Crippen molar-refractivity contribution in [2.75, 3.05) is 11.9 Å². The summed E-state index contributed by atoms with van der Waals surface area (Å²) in [7, 11) is 0. The van der Waals surface area contributed by atoms with E-state index in [9.17, 15) is 0 Å². The van der Waals surface area contributed by atoms with Gasteiger partial charge >= 0.3 is 0 Å². The second-order valence-electron chi connectivity index (χ2n) is 3.69. The predicted molar refractivity (Wildman–Crippen MR) is 64.5 cm³/mol. The van der Waals surface area contributed by atoms with E-state index in [1.165, 1.54) is 0 Å². The number of alkyl halides is 1. The van der Waals surface area contributed by atoms with Crippen LogP contribution >= 0.6 is 11.6 Å². The van der Waals surface area contributed by atoms with Gasteiger partial charge in [-0.05, 0) is 20.3 Å². The normalized spacial score (nSPS) is 12.5. The van der Waals surface area contributed by atoms with Crippen molar-refractivity contribution in [2.24, 2.45) is 0 Å². The Morgan fingerprint density at radius 2 is 2.13 bits per heavy atom. The van der Waals surface area contributed by atoms with Gasteiger partial charge in [-0.3, -0.25) is 4.98 Å². The molecule has 0 aliphatic carbocycles. The van der Waals surface area contributed by atoms with Crippen molar-refractivity contribution >= 4 is 17.4 Å². The fourth-order valence-corrected chi connectivity index (χ4v) is 1.55. The Morgan fingerprint density at radius 3 is 2.73 bits per heavy atom. The van der Waals surface area contributed by atoms with E-state index in [4.69, 9.17) is 11.6 Å². The summed E-state index contributed by atoms with van der Waals surface area (Å²) in [5.41, 5.74) is 1.93. The lowest BCUT2D eigenvalue weighted by Crippen LogP contribution is -2.15. The van der Waals surface area contributed by atoms with E-state index in [0.29, 0.717) is 0 Å². The Balaban J connectivity index is 2.47. The molecular formula is C11H18ClN3. The number of nitrogens with zero attached hydrogens (tertiary/aromatic N) is 2. The second-order valence-corrected chi connectivity index (χ2v) is 4.31. The summed E-state index contributed by atoms with van der Waals surface area (Å²) in [4.78, 5) is 8.61. The fraction of sp³-hybridized carbons (Fsp3) is 0.636. The molecule has 4 heteroatoms. The molecule has 1 atom stereocenters. The van der Waals surface area contributed by atoms with Gasteiger partial charge in [0.1, 0.15) is 5.82 Å². The number of anilines is 1. The molecule has 0 aliphatic heterocycles. The first-order valence-electron chi connectivity index (χ1n) is 5.31. The zero-order valence-electron chi connectivity index (χ0n) is 9.55. The highest BCUT2D eigenvalue weighted by Crippen LogP contribution is 2.09. The van der Waals surface area contributed by atoms with Gasteiger partial charge in [0, 0.05) is 6.54 Å². The number of hydrogen-bond acceptors (Lipinski definition) is 3. The summed E-state index contributed by atoms with van der Waals surface area (Å²) in [5.74, 6) is 0.805. The summed E-state index contributed by atoms with van der Waals surface area (Å²) >= 11 is 6.09. The summed E-state index contributed by atoms with van der Waals surface area (Å²) in [5, 5.41) is 3.36. The topological polar surface area (TPSA) is 37.8 Å². The van der Waals surface area contributed by atoms with Gasteiger partial charge in [-0.25, -0.2) is 4.98 Å². The minimum atomic E-state index is 0.165. The molecule has 0 saturated carbocycles. The molecule has 0 spiro atoms. The van der Waals surface area contributed by atoms with Gasteiger partial charge in [-0.2, -0.15) is 0 Å². The SMILES string of the molecule is CCCC(Cl)CNc1cnc(C)c(C)n1. The molecule has 1 heterocycles. The lowest BCUT2D eigenvalue weighted by Gasteiger charge is -2.10. The van der Waals surface area contributed by atoms with E-state index in [1.807, 2.05) is 13.8 Å². The van der Waals surface area contributed by atoms with Gasteiger partial charge in [0.25, 0.3) is 0 Å². The average molecular weight is 228 g/mol. The number of aryl methyl sites for hydroxylation is 2. The number of rotatable bonds is 5. The van der Waals surface area contributed by atoms with E-state index in [1.54, 1.807) is 6.20 Å². The van der Waals surface area contributed by atoms with Crippen LogP contribution in [0.4, 0.5) is 5.82 Å². The Morgan fingerprint density at radius 1 is 1.40 bits per heavy atom. The fourth-order valence-electron chi connectivity index (χ4n) is 1.26. The van der Waals surface area contributed by atoms with Crippen molar-refractivity contribution in [1.82, 2.24) is 9.97 Å². The molecule has 0 amide bonds. The summed E-state index contributed by atoms with van der Waals surface area (Å²) in [6, 6.07) is 0. The second kappa shape index (κ2) is 5.91. The molecule has 1 unspecified atom stereocenters. The zero-order valence-corrected chi connectivity index (χ0v) is 10.3. The van der Waals surface area contributed by atoms with Crippen molar-refractivity contribution in [3.05, 3.63) is 17.6 Å². The maximum atomic E-state index is 6.09. The number of nitrogens with one attached hydrogen (secondary N) is 1. The largest absolute Gasteiger partial charge is 0.367 e. The predicted octanol–water partition coefficient (Wildman–Crippen LogP) is 2.91.